The number of aromatic nitrogens is 3. The Hall–Kier alpha value is -2.81. The summed E-state index contributed by atoms with van der Waals surface area (Å²) in [6.45, 7) is 3.91. The number of para-hydroxylation sites is 1. The van der Waals surface area contributed by atoms with E-state index in [-0.39, 0.29) is 17.4 Å². The molecule has 9 heteroatoms. The predicted octanol–water partition coefficient (Wildman–Crippen LogP) is 4.06. The second kappa shape index (κ2) is 7.90. The second-order valence-electron chi connectivity index (χ2n) is 7.06. The first-order valence-electron chi connectivity index (χ1n) is 9.48. The first-order valence-corrected chi connectivity index (χ1v) is 9.48. The number of fused-ring (bicyclic) bond motifs is 1. The molecule has 1 aliphatic heterocycles. The highest BCUT2D eigenvalue weighted by molar-refractivity contribution is 5.69. The van der Waals surface area contributed by atoms with Crippen molar-refractivity contribution >= 4 is 5.65 Å². The molecule has 6 nitrogen and oxygen atoms in total. The smallest absolute Gasteiger partial charge is 0.473 e. The summed E-state index contributed by atoms with van der Waals surface area (Å²) in [5, 5.41) is 7.82. The van der Waals surface area contributed by atoms with Crippen LogP contribution in [0.1, 0.15) is 19.8 Å². The molecule has 154 valence electrons. The fraction of sp³-hybridized carbons (Fsp3) is 0.400. The van der Waals surface area contributed by atoms with Crippen molar-refractivity contribution in [2.45, 2.75) is 32.2 Å². The van der Waals surface area contributed by atoms with Crippen molar-refractivity contribution in [1.29, 1.82) is 0 Å². The molecule has 1 aromatic carbocycles. The SMILES string of the molecule is CC(Oc1ccc2ncc(-c3ccccc3OC(F)(F)F)n2n1)C1CCCNC1. The van der Waals surface area contributed by atoms with E-state index < -0.39 is 6.36 Å². The molecule has 2 aromatic heterocycles. The third-order valence-electron chi connectivity index (χ3n) is 5.03. The summed E-state index contributed by atoms with van der Waals surface area (Å²) in [6.07, 6.45) is -1.18. The van der Waals surface area contributed by atoms with Crippen LogP contribution in [0.15, 0.2) is 42.6 Å². The highest BCUT2D eigenvalue weighted by atomic mass is 19.4. The van der Waals surface area contributed by atoms with E-state index in [1.165, 1.54) is 28.9 Å². The summed E-state index contributed by atoms with van der Waals surface area (Å²) in [5.74, 6) is 0.463. The number of halogens is 3. The van der Waals surface area contributed by atoms with E-state index in [0.29, 0.717) is 23.1 Å². The lowest BCUT2D eigenvalue weighted by molar-refractivity contribution is -0.274. The van der Waals surface area contributed by atoms with Crippen LogP contribution in [-0.4, -0.2) is 40.2 Å². The maximum Gasteiger partial charge on any atom is 0.573 e. The molecule has 4 rings (SSSR count). The zero-order valence-corrected chi connectivity index (χ0v) is 15.8. The van der Waals surface area contributed by atoms with Gasteiger partial charge in [0.2, 0.25) is 5.88 Å². The summed E-state index contributed by atoms with van der Waals surface area (Å²) in [7, 11) is 0. The van der Waals surface area contributed by atoms with Crippen molar-refractivity contribution in [2.24, 2.45) is 5.92 Å². The van der Waals surface area contributed by atoms with Crippen molar-refractivity contribution in [1.82, 2.24) is 19.9 Å². The van der Waals surface area contributed by atoms with Crippen molar-refractivity contribution in [3.05, 3.63) is 42.6 Å². The van der Waals surface area contributed by atoms with Crippen molar-refractivity contribution in [2.75, 3.05) is 13.1 Å². The van der Waals surface area contributed by atoms with Gasteiger partial charge in [0.15, 0.2) is 5.65 Å². The molecule has 29 heavy (non-hydrogen) atoms. The Kier molecular flexibility index (Phi) is 5.31. The van der Waals surface area contributed by atoms with Crippen LogP contribution in [-0.2, 0) is 0 Å². The quantitative estimate of drug-likeness (QED) is 0.692. The van der Waals surface area contributed by atoms with Gasteiger partial charge >= 0.3 is 6.36 Å². The third kappa shape index (κ3) is 4.45. The van der Waals surface area contributed by atoms with Crippen molar-refractivity contribution in [3.63, 3.8) is 0 Å². The van der Waals surface area contributed by atoms with Crippen molar-refractivity contribution in [3.8, 4) is 22.9 Å². The van der Waals surface area contributed by atoms with Gasteiger partial charge in [-0.2, -0.15) is 0 Å². The number of nitrogens with one attached hydrogen (secondary N) is 1. The fourth-order valence-electron chi connectivity index (χ4n) is 3.56. The van der Waals surface area contributed by atoms with Crippen LogP contribution >= 0.6 is 0 Å². The Balaban J connectivity index is 1.64. The van der Waals surface area contributed by atoms with Crippen LogP contribution in [0.5, 0.6) is 11.6 Å². The summed E-state index contributed by atoms with van der Waals surface area (Å²) in [4.78, 5) is 4.24. The molecule has 3 aromatic rings. The second-order valence-corrected chi connectivity index (χ2v) is 7.06. The van der Waals surface area contributed by atoms with Crippen molar-refractivity contribution < 1.29 is 22.6 Å². The standard InChI is InChI=1S/C20H21F3N4O2/c1-13(14-5-4-10-24-11-14)28-19-9-8-18-25-12-16(27(18)26-19)15-6-2-3-7-17(15)29-20(21,22)23/h2-3,6-9,12-14,24H,4-5,10-11H2,1H3. The van der Waals surface area contributed by atoms with E-state index in [2.05, 4.69) is 20.1 Å². The fourth-order valence-corrected chi connectivity index (χ4v) is 3.56. The minimum Gasteiger partial charge on any atom is -0.473 e. The molecule has 3 heterocycles. The molecule has 2 unspecified atom stereocenters. The van der Waals surface area contributed by atoms with Gasteiger partial charge in [0.05, 0.1) is 11.9 Å². The summed E-state index contributed by atoms with van der Waals surface area (Å²) in [5.41, 5.74) is 1.13. The zero-order valence-electron chi connectivity index (χ0n) is 15.8. The molecule has 2 atom stereocenters. The number of hydrogen-bond acceptors (Lipinski definition) is 5. The average Bonchev–Trinajstić information content (AvgIpc) is 3.11. The Morgan fingerprint density at radius 1 is 1.21 bits per heavy atom. The minimum absolute atomic E-state index is 0.0411. The van der Waals surface area contributed by atoms with Gasteiger partial charge in [-0.3, -0.25) is 0 Å². The normalized spacial score (nSPS) is 18.6. The van der Waals surface area contributed by atoms with E-state index >= 15 is 0 Å². The van der Waals surface area contributed by atoms with E-state index in [0.717, 1.165) is 25.9 Å². The monoisotopic (exact) mass is 406 g/mol. The molecule has 0 saturated carbocycles. The highest BCUT2D eigenvalue weighted by Crippen LogP contribution is 2.34. The van der Waals surface area contributed by atoms with Gasteiger partial charge < -0.3 is 14.8 Å². The average molecular weight is 406 g/mol. The minimum atomic E-state index is -4.79. The molecular formula is C20H21F3N4O2. The number of benzene rings is 1. The van der Waals surface area contributed by atoms with Gasteiger partial charge in [-0.05, 0) is 44.5 Å². The molecule has 0 radical (unpaired) electrons. The van der Waals surface area contributed by atoms with E-state index in [1.807, 2.05) is 6.92 Å². The molecule has 0 spiro atoms. The van der Waals surface area contributed by atoms with Crippen LogP contribution in [0.4, 0.5) is 13.2 Å². The summed E-state index contributed by atoms with van der Waals surface area (Å²) < 4.78 is 50.0. The number of alkyl halides is 3. The van der Waals surface area contributed by atoms with Gasteiger partial charge in [0.1, 0.15) is 11.9 Å². The predicted molar refractivity (Wildman–Crippen MR) is 101 cm³/mol. The lowest BCUT2D eigenvalue weighted by Gasteiger charge is -2.28. The van der Waals surface area contributed by atoms with E-state index in [4.69, 9.17) is 4.74 Å². The van der Waals surface area contributed by atoms with Crippen LogP contribution in [0, 0.1) is 5.92 Å². The number of ether oxygens (including phenoxy) is 2. The molecule has 0 aliphatic carbocycles. The molecular weight excluding hydrogens is 385 g/mol. The van der Waals surface area contributed by atoms with Gasteiger partial charge in [-0.25, -0.2) is 9.50 Å². The number of rotatable bonds is 5. The number of imidazole rings is 1. The number of nitrogens with zero attached hydrogens (tertiary/aromatic N) is 3. The molecule has 0 bridgehead atoms. The highest BCUT2D eigenvalue weighted by Gasteiger charge is 2.32. The van der Waals surface area contributed by atoms with Gasteiger partial charge in [0.25, 0.3) is 0 Å². The Labute approximate surface area is 165 Å². The lowest BCUT2D eigenvalue weighted by Crippen LogP contribution is -2.38. The first-order chi connectivity index (χ1) is 13.9. The van der Waals surface area contributed by atoms with Crippen LogP contribution in [0.2, 0.25) is 0 Å². The van der Waals surface area contributed by atoms with Gasteiger partial charge in [-0.1, -0.05) is 12.1 Å². The molecule has 1 N–H and O–H groups in total. The third-order valence-corrected chi connectivity index (χ3v) is 5.03. The summed E-state index contributed by atoms with van der Waals surface area (Å²) >= 11 is 0. The molecule has 1 saturated heterocycles. The largest absolute Gasteiger partial charge is 0.573 e. The Morgan fingerprint density at radius 3 is 2.79 bits per heavy atom. The maximum absolute atomic E-state index is 12.8. The lowest BCUT2D eigenvalue weighted by atomic mass is 9.95. The Morgan fingerprint density at radius 2 is 2.03 bits per heavy atom. The van der Waals surface area contributed by atoms with Gasteiger partial charge in [-0.15, -0.1) is 18.3 Å². The zero-order chi connectivity index (χ0) is 20.4. The topological polar surface area (TPSA) is 60.7 Å². The van der Waals surface area contributed by atoms with Gasteiger partial charge in [0, 0.05) is 24.1 Å². The number of piperidine rings is 1. The number of hydrogen-bond donors (Lipinski definition) is 1. The van der Waals surface area contributed by atoms with Crippen LogP contribution in [0.3, 0.4) is 0 Å². The Bertz CT molecular complexity index is 983. The molecule has 0 amide bonds. The first kappa shape index (κ1) is 19.5. The van der Waals surface area contributed by atoms with Crippen LogP contribution < -0.4 is 14.8 Å². The van der Waals surface area contributed by atoms with E-state index in [1.54, 1.807) is 18.2 Å². The molecule has 1 aliphatic rings. The summed E-state index contributed by atoms with van der Waals surface area (Å²) in [6, 6.07) is 9.37. The van der Waals surface area contributed by atoms with Crippen LogP contribution in [0.25, 0.3) is 16.9 Å². The molecule has 1 fully saturated rings. The maximum atomic E-state index is 12.8. The van der Waals surface area contributed by atoms with E-state index in [9.17, 15) is 13.2 Å².